The summed E-state index contributed by atoms with van der Waals surface area (Å²) in [5.74, 6) is 0.788. The highest BCUT2D eigenvalue weighted by Crippen LogP contribution is 2.24. The van der Waals surface area contributed by atoms with Crippen molar-refractivity contribution in [2.75, 3.05) is 7.11 Å². The van der Waals surface area contributed by atoms with E-state index in [-0.39, 0.29) is 23.7 Å². The van der Waals surface area contributed by atoms with E-state index in [1.807, 2.05) is 24.3 Å². The maximum Gasteiger partial charge on any atom is 0.258 e. The Morgan fingerprint density at radius 2 is 1.85 bits per heavy atom. The fraction of sp³-hybridized carbons (Fsp3) is 0.263. The molecule has 0 aromatic heterocycles. The molecule has 3 rings (SSSR count). The van der Waals surface area contributed by atoms with Crippen molar-refractivity contribution < 1.29 is 14.6 Å². The molecule has 7 heteroatoms. The van der Waals surface area contributed by atoms with E-state index < -0.39 is 0 Å². The minimum Gasteiger partial charge on any atom is -0.508 e. The van der Waals surface area contributed by atoms with Crippen LogP contribution in [0.25, 0.3) is 0 Å². The zero-order chi connectivity index (χ0) is 18.5. The summed E-state index contributed by atoms with van der Waals surface area (Å²) in [6.07, 6.45) is 0.617. The van der Waals surface area contributed by atoms with Gasteiger partial charge in [-0.05, 0) is 60.9 Å². The Morgan fingerprint density at radius 3 is 2.50 bits per heavy atom. The number of carbonyl (C=O) groups excluding carboxylic acids is 1. The highest BCUT2D eigenvalue weighted by atomic mass is 16.5. The third-order valence-corrected chi connectivity index (χ3v) is 4.36. The van der Waals surface area contributed by atoms with E-state index in [1.54, 1.807) is 38.3 Å². The quantitative estimate of drug-likeness (QED) is 0.486. The summed E-state index contributed by atoms with van der Waals surface area (Å²) in [5, 5.41) is 13.5. The highest BCUT2D eigenvalue weighted by Gasteiger charge is 2.30. The number of benzene rings is 2. The van der Waals surface area contributed by atoms with Crippen LogP contribution in [0, 0.1) is 0 Å². The third kappa shape index (κ3) is 4.19. The topological polar surface area (TPSA) is 95.0 Å². The molecule has 1 amide bonds. The van der Waals surface area contributed by atoms with Crippen molar-refractivity contribution in [1.29, 1.82) is 0 Å². The predicted octanol–water partition coefficient (Wildman–Crippen LogP) is 1.85. The summed E-state index contributed by atoms with van der Waals surface area (Å²) in [6.45, 7) is 1.80. The van der Waals surface area contributed by atoms with E-state index in [9.17, 15) is 9.90 Å². The number of phenolic OH excluding ortho intramolecular Hbond substituents is 1. The van der Waals surface area contributed by atoms with Crippen molar-refractivity contribution in [3.8, 4) is 11.5 Å². The van der Waals surface area contributed by atoms with Crippen molar-refractivity contribution in [2.45, 2.75) is 25.4 Å². The fourth-order valence-electron chi connectivity index (χ4n) is 2.77. The van der Waals surface area contributed by atoms with Gasteiger partial charge in [0.05, 0.1) is 12.8 Å². The molecule has 1 saturated heterocycles. The van der Waals surface area contributed by atoms with Crippen molar-refractivity contribution >= 4 is 11.6 Å². The molecule has 1 aliphatic heterocycles. The van der Waals surface area contributed by atoms with Gasteiger partial charge in [0.25, 0.3) is 5.91 Å². The van der Waals surface area contributed by atoms with Crippen LogP contribution >= 0.6 is 0 Å². The molecular weight excluding hydrogens is 332 g/mol. The van der Waals surface area contributed by atoms with Gasteiger partial charge in [-0.2, -0.15) is 5.10 Å². The molecule has 26 heavy (non-hydrogen) atoms. The second kappa shape index (κ2) is 7.99. The smallest absolute Gasteiger partial charge is 0.258 e. The van der Waals surface area contributed by atoms with Crippen LogP contribution in [0.3, 0.4) is 0 Å². The first-order valence-electron chi connectivity index (χ1n) is 8.35. The molecule has 4 N–H and O–H groups in total. The third-order valence-electron chi connectivity index (χ3n) is 4.36. The lowest BCUT2D eigenvalue weighted by molar-refractivity contribution is -0.122. The van der Waals surface area contributed by atoms with Crippen LogP contribution in [0.2, 0.25) is 0 Å². The Bertz CT molecular complexity index is 787. The van der Waals surface area contributed by atoms with Crippen molar-refractivity contribution in [3.05, 3.63) is 59.7 Å². The number of hydrazone groups is 1. The minimum atomic E-state index is -0.376. The molecule has 0 saturated carbocycles. The number of amides is 1. The molecule has 1 aliphatic rings. The standard InChI is InChI=1S/C19H22N4O3/c1-12(13-3-7-15(24)8-4-13)20-23-19(25)18-11-17(21-22-18)14-5-9-16(26-2)10-6-14/h3-10,17-18,21-22,24H,11H2,1-2H3,(H,23,25)/b20-12+. The molecule has 2 unspecified atom stereocenters. The van der Waals surface area contributed by atoms with E-state index in [4.69, 9.17) is 4.74 Å². The Balaban J connectivity index is 1.57. The zero-order valence-corrected chi connectivity index (χ0v) is 14.7. The first-order chi connectivity index (χ1) is 12.6. The highest BCUT2D eigenvalue weighted by molar-refractivity contribution is 5.99. The van der Waals surface area contributed by atoms with Gasteiger partial charge in [0.1, 0.15) is 17.5 Å². The summed E-state index contributed by atoms with van der Waals surface area (Å²) in [5.41, 5.74) is 11.3. The number of nitrogens with zero attached hydrogens (tertiary/aromatic N) is 1. The van der Waals surface area contributed by atoms with Gasteiger partial charge in [0.2, 0.25) is 0 Å². The van der Waals surface area contributed by atoms with Crippen LogP contribution in [0.4, 0.5) is 0 Å². The van der Waals surface area contributed by atoms with E-state index in [0.717, 1.165) is 16.9 Å². The fourth-order valence-corrected chi connectivity index (χ4v) is 2.77. The van der Waals surface area contributed by atoms with Crippen LogP contribution in [-0.4, -0.2) is 29.9 Å². The van der Waals surface area contributed by atoms with Gasteiger partial charge in [-0.25, -0.2) is 16.3 Å². The lowest BCUT2D eigenvalue weighted by Gasteiger charge is -2.10. The molecule has 2 atom stereocenters. The molecular formula is C19H22N4O3. The van der Waals surface area contributed by atoms with E-state index >= 15 is 0 Å². The SMILES string of the molecule is COc1ccc(C2CC(C(=O)N/N=C(\C)c3ccc(O)cc3)NN2)cc1. The number of methoxy groups -OCH3 is 1. The summed E-state index contributed by atoms with van der Waals surface area (Å²) in [4.78, 5) is 12.3. The molecule has 0 spiro atoms. The summed E-state index contributed by atoms with van der Waals surface area (Å²) in [7, 11) is 1.63. The maximum atomic E-state index is 12.3. The van der Waals surface area contributed by atoms with E-state index in [2.05, 4.69) is 21.4 Å². The first kappa shape index (κ1) is 17.9. The monoisotopic (exact) mass is 354 g/mol. The predicted molar refractivity (Wildman–Crippen MR) is 98.9 cm³/mol. The molecule has 0 bridgehead atoms. The average molecular weight is 354 g/mol. The number of rotatable bonds is 5. The van der Waals surface area contributed by atoms with Crippen LogP contribution in [0.1, 0.15) is 30.5 Å². The van der Waals surface area contributed by atoms with Crippen LogP contribution in [0.15, 0.2) is 53.6 Å². The van der Waals surface area contributed by atoms with Crippen LogP contribution in [0.5, 0.6) is 11.5 Å². The molecule has 2 aromatic rings. The molecule has 0 aliphatic carbocycles. The van der Waals surface area contributed by atoms with Gasteiger partial charge in [-0.3, -0.25) is 4.79 Å². The van der Waals surface area contributed by atoms with Crippen molar-refractivity contribution in [2.24, 2.45) is 5.10 Å². The summed E-state index contributed by atoms with van der Waals surface area (Å²) >= 11 is 0. The molecule has 0 radical (unpaired) electrons. The van der Waals surface area contributed by atoms with Gasteiger partial charge < -0.3 is 9.84 Å². The van der Waals surface area contributed by atoms with Crippen LogP contribution in [-0.2, 0) is 4.79 Å². The number of ether oxygens (including phenoxy) is 1. The molecule has 7 nitrogen and oxygen atoms in total. The number of nitrogens with one attached hydrogen (secondary N) is 3. The zero-order valence-electron chi connectivity index (χ0n) is 14.7. The molecule has 136 valence electrons. The normalized spacial score (nSPS) is 20.0. The van der Waals surface area contributed by atoms with Crippen LogP contribution < -0.4 is 21.0 Å². The number of hydrazine groups is 1. The number of hydrogen-bond donors (Lipinski definition) is 4. The van der Waals surface area contributed by atoms with E-state index in [0.29, 0.717) is 12.1 Å². The van der Waals surface area contributed by atoms with Crippen molar-refractivity contribution in [1.82, 2.24) is 16.3 Å². The van der Waals surface area contributed by atoms with E-state index in [1.165, 1.54) is 0 Å². The average Bonchev–Trinajstić information content (AvgIpc) is 3.17. The summed E-state index contributed by atoms with van der Waals surface area (Å²) < 4.78 is 5.16. The first-order valence-corrected chi connectivity index (χ1v) is 8.35. The van der Waals surface area contributed by atoms with Crippen molar-refractivity contribution in [3.63, 3.8) is 0 Å². The molecule has 2 aromatic carbocycles. The number of carbonyl (C=O) groups is 1. The lowest BCUT2D eigenvalue weighted by atomic mass is 10.0. The van der Waals surface area contributed by atoms with Gasteiger partial charge in [0, 0.05) is 6.04 Å². The lowest BCUT2D eigenvalue weighted by Crippen LogP contribution is -2.41. The van der Waals surface area contributed by atoms with Gasteiger partial charge in [0.15, 0.2) is 0 Å². The largest absolute Gasteiger partial charge is 0.508 e. The second-order valence-electron chi connectivity index (χ2n) is 6.12. The Hall–Kier alpha value is -2.90. The Labute approximate surface area is 152 Å². The summed E-state index contributed by atoms with van der Waals surface area (Å²) in [6, 6.07) is 14.1. The minimum absolute atomic E-state index is 0.0406. The number of hydrogen-bond acceptors (Lipinski definition) is 6. The van der Waals surface area contributed by atoms with Gasteiger partial charge >= 0.3 is 0 Å². The molecule has 1 fully saturated rings. The van der Waals surface area contributed by atoms with Gasteiger partial charge in [-0.15, -0.1) is 0 Å². The van der Waals surface area contributed by atoms with Gasteiger partial charge in [-0.1, -0.05) is 12.1 Å². The molecule has 1 heterocycles. The Kier molecular flexibility index (Phi) is 5.50. The second-order valence-corrected chi connectivity index (χ2v) is 6.12. The number of aromatic hydroxyl groups is 1. The Morgan fingerprint density at radius 1 is 1.15 bits per heavy atom. The maximum absolute atomic E-state index is 12.3. The number of phenols is 1.